The summed E-state index contributed by atoms with van der Waals surface area (Å²) in [6.07, 6.45) is 3.05. The summed E-state index contributed by atoms with van der Waals surface area (Å²) >= 11 is 0. The monoisotopic (exact) mass is 386 g/mol. The molecule has 1 atom stereocenters. The minimum Gasteiger partial charge on any atom is -0.497 e. The van der Waals surface area contributed by atoms with Crippen molar-refractivity contribution in [1.82, 2.24) is 15.0 Å². The van der Waals surface area contributed by atoms with E-state index in [1.807, 2.05) is 54.6 Å². The Balaban J connectivity index is 1.58. The van der Waals surface area contributed by atoms with Gasteiger partial charge in [0.25, 0.3) is 0 Å². The van der Waals surface area contributed by atoms with Gasteiger partial charge in [-0.15, -0.1) is 0 Å². The van der Waals surface area contributed by atoms with Gasteiger partial charge in [0.1, 0.15) is 18.2 Å². The number of hydrogen-bond donors (Lipinski definition) is 1. The highest BCUT2D eigenvalue weighted by atomic mass is 16.6. The van der Waals surface area contributed by atoms with Crippen LogP contribution in [0.3, 0.4) is 0 Å². The van der Waals surface area contributed by atoms with E-state index in [2.05, 4.69) is 10.3 Å². The maximum Gasteiger partial charge on any atom is 0.192 e. The highest BCUT2D eigenvalue weighted by Crippen LogP contribution is 2.36. The molecule has 0 bridgehead atoms. The van der Waals surface area contributed by atoms with Gasteiger partial charge in [0.2, 0.25) is 0 Å². The number of anilines is 2. The van der Waals surface area contributed by atoms with Gasteiger partial charge in [-0.25, -0.2) is 9.97 Å². The molecule has 1 N–H and O–H groups in total. The molecule has 1 aliphatic rings. The highest BCUT2D eigenvalue weighted by molar-refractivity contribution is 5.91. The lowest BCUT2D eigenvalue weighted by Gasteiger charge is -2.26. The molecule has 29 heavy (non-hydrogen) atoms. The van der Waals surface area contributed by atoms with Crippen LogP contribution in [0, 0.1) is 0 Å². The van der Waals surface area contributed by atoms with E-state index in [0.29, 0.717) is 24.0 Å². The third kappa shape index (κ3) is 3.38. The van der Waals surface area contributed by atoms with E-state index in [9.17, 15) is 0 Å². The van der Waals surface area contributed by atoms with Crippen LogP contribution >= 0.6 is 0 Å². The summed E-state index contributed by atoms with van der Waals surface area (Å²) in [7, 11) is 1.63. The molecule has 1 aliphatic heterocycles. The maximum absolute atomic E-state index is 6.10. The van der Waals surface area contributed by atoms with Crippen molar-refractivity contribution in [3.05, 3.63) is 72.8 Å². The molecule has 0 aliphatic carbocycles. The second-order valence-corrected chi connectivity index (χ2v) is 6.54. The van der Waals surface area contributed by atoms with Gasteiger partial charge in [-0.2, -0.15) is 0 Å². The quantitative estimate of drug-likeness (QED) is 0.560. The van der Waals surface area contributed by atoms with Crippen LogP contribution in [-0.2, 0) is 0 Å². The van der Waals surface area contributed by atoms with Crippen molar-refractivity contribution < 1.29 is 14.2 Å². The average molecular weight is 386 g/mol. The molecule has 0 saturated carbocycles. The fourth-order valence-corrected chi connectivity index (χ4v) is 3.21. The van der Waals surface area contributed by atoms with Gasteiger partial charge < -0.3 is 19.5 Å². The Hall–Kier alpha value is -3.87. The van der Waals surface area contributed by atoms with Crippen LogP contribution in [0.2, 0.25) is 0 Å². The third-order valence-electron chi connectivity index (χ3n) is 4.64. The molecule has 0 amide bonds. The molecule has 0 spiro atoms. The molecule has 7 heteroatoms. The average Bonchev–Trinajstić information content (AvgIpc) is 2.79. The Morgan fingerprint density at radius 1 is 1.03 bits per heavy atom. The van der Waals surface area contributed by atoms with Crippen molar-refractivity contribution in [2.75, 3.05) is 19.0 Å². The fourth-order valence-electron chi connectivity index (χ4n) is 3.21. The number of methoxy groups -OCH3 is 1. The summed E-state index contributed by atoms with van der Waals surface area (Å²) in [5.41, 5.74) is 1.61. The molecule has 1 unspecified atom stereocenters. The zero-order valence-corrected chi connectivity index (χ0v) is 15.7. The third-order valence-corrected chi connectivity index (χ3v) is 4.64. The van der Waals surface area contributed by atoms with Crippen LogP contribution < -0.4 is 19.5 Å². The molecule has 4 aromatic rings. The molecule has 0 saturated heterocycles. The minimum atomic E-state index is -0.411. The standard InChI is InChI=1S/C22H18N4O3/c1-27-15-8-9-17-16(11-15)21(24-14-5-4-10-23-12-14)26-22(25-17)20-13-28-18-6-2-3-7-19(18)29-20/h2-12,20H,13H2,1H3,(H,24,25,26). The number of aromatic nitrogens is 3. The van der Waals surface area contributed by atoms with E-state index in [1.165, 1.54) is 0 Å². The lowest BCUT2D eigenvalue weighted by Crippen LogP contribution is -2.23. The lowest BCUT2D eigenvalue weighted by atomic mass is 10.2. The van der Waals surface area contributed by atoms with Crippen molar-refractivity contribution in [3.8, 4) is 17.2 Å². The first-order chi connectivity index (χ1) is 14.3. The van der Waals surface area contributed by atoms with E-state index in [4.69, 9.17) is 24.2 Å². The van der Waals surface area contributed by atoms with Gasteiger partial charge in [0.05, 0.1) is 24.5 Å². The molecule has 0 fully saturated rings. The first kappa shape index (κ1) is 17.2. The first-order valence-electron chi connectivity index (χ1n) is 9.21. The molecule has 3 heterocycles. The molecular formula is C22H18N4O3. The van der Waals surface area contributed by atoms with Gasteiger partial charge >= 0.3 is 0 Å². The van der Waals surface area contributed by atoms with Gasteiger partial charge in [-0.1, -0.05) is 12.1 Å². The normalized spacial score (nSPS) is 15.1. The summed E-state index contributed by atoms with van der Waals surface area (Å²) in [5, 5.41) is 4.17. The number of pyridine rings is 1. The van der Waals surface area contributed by atoms with Crippen LogP contribution in [0.25, 0.3) is 10.9 Å². The zero-order valence-electron chi connectivity index (χ0n) is 15.7. The molecule has 7 nitrogen and oxygen atoms in total. The summed E-state index contributed by atoms with van der Waals surface area (Å²) < 4.78 is 17.3. The van der Waals surface area contributed by atoms with E-state index in [1.54, 1.807) is 19.5 Å². The largest absolute Gasteiger partial charge is 0.497 e. The summed E-state index contributed by atoms with van der Waals surface area (Å²) in [4.78, 5) is 13.6. The molecule has 5 rings (SSSR count). The van der Waals surface area contributed by atoms with Crippen LogP contribution in [0.15, 0.2) is 67.0 Å². The van der Waals surface area contributed by atoms with Gasteiger partial charge in [-0.05, 0) is 42.5 Å². The van der Waals surface area contributed by atoms with Crippen LogP contribution in [0.5, 0.6) is 17.2 Å². The molecular weight excluding hydrogens is 368 g/mol. The number of hydrogen-bond acceptors (Lipinski definition) is 7. The van der Waals surface area contributed by atoms with Crippen molar-refractivity contribution in [2.24, 2.45) is 0 Å². The Bertz CT molecular complexity index is 1170. The first-order valence-corrected chi connectivity index (χ1v) is 9.21. The second-order valence-electron chi connectivity index (χ2n) is 6.54. The van der Waals surface area contributed by atoms with Crippen LogP contribution in [-0.4, -0.2) is 28.7 Å². The van der Waals surface area contributed by atoms with Gasteiger partial charge in [0, 0.05) is 11.6 Å². The van der Waals surface area contributed by atoms with Crippen LogP contribution in [0.4, 0.5) is 11.5 Å². The number of rotatable bonds is 4. The number of fused-ring (bicyclic) bond motifs is 2. The number of nitrogens with one attached hydrogen (secondary N) is 1. The maximum atomic E-state index is 6.10. The number of nitrogens with zero attached hydrogens (tertiary/aromatic N) is 3. The topological polar surface area (TPSA) is 78.4 Å². The smallest absolute Gasteiger partial charge is 0.192 e. The Morgan fingerprint density at radius 3 is 2.76 bits per heavy atom. The number of ether oxygens (including phenoxy) is 3. The predicted octanol–water partition coefficient (Wildman–Crippen LogP) is 4.29. The summed E-state index contributed by atoms with van der Waals surface area (Å²) in [6.45, 7) is 0.338. The van der Waals surface area contributed by atoms with Gasteiger partial charge in [0.15, 0.2) is 23.4 Å². The molecule has 2 aromatic heterocycles. The van der Waals surface area contributed by atoms with Crippen molar-refractivity contribution in [1.29, 1.82) is 0 Å². The zero-order chi connectivity index (χ0) is 19.6. The van der Waals surface area contributed by atoms with E-state index in [0.717, 1.165) is 28.1 Å². The van der Waals surface area contributed by atoms with Crippen molar-refractivity contribution in [3.63, 3.8) is 0 Å². The van der Waals surface area contributed by atoms with Crippen LogP contribution in [0.1, 0.15) is 11.9 Å². The molecule has 144 valence electrons. The second kappa shape index (κ2) is 7.27. The summed E-state index contributed by atoms with van der Waals surface area (Å²) in [6, 6.07) is 17.1. The van der Waals surface area contributed by atoms with Crippen molar-refractivity contribution >= 4 is 22.4 Å². The van der Waals surface area contributed by atoms with Gasteiger partial charge in [-0.3, -0.25) is 4.98 Å². The number of para-hydroxylation sites is 2. The van der Waals surface area contributed by atoms with E-state index in [-0.39, 0.29) is 0 Å². The Labute approximate surface area is 167 Å². The highest BCUT2D eigenvalue weighted by Gasteiger charge is 2.26. The number of benzene rings is 2. The van der Waals surface area contributed by atoms with Crippen molar-refractivity contribution in [2.45, 2.75) is 6.10 Å². The lowest BCUT2D eigenvalue weighted by molar-refractivity contribution is 0.0854. The molecule has 0 radical (unpaired) electrons. The Morgan fingerprint density at radius 2 is 1.93 bits per heavy atom. The van der Waals surface area contributed by atoms with E-state index < -0.39 is 6.10 Å². The minimum absolute atomic E-state index is 0.338. The molecule has 2 aromatic carbocycles. The fraction of sp³-hybridized carbons (Fsp3) is 0.136. The van der Waals surface area contributed by atoms with E-state index >= 15 is 0 Å². The summed E-state index contributed by atoms with van der Waals surface area (Å²) in [5.74, 6) is 3.34. The SMILES string of the molecule is COc1ccc2nc(C3COc4ccccc4O3)nc(Nc3cccnc3)c2c1. The Kier molecular flexibility index (Phi) is 4.32. The predicted molar refractivity (Wildman–Crippen MR) is 109 cm³/mol.